The second-order valence-corrected chi connectivity index (χ2v) is 11.0. The van der Waals surface area contributed by atoms with E-state index in [2.05, 4.69) is 98.5 Å². The standard InChI is InChI=1S/C34H36FNO2/c1-33(2,3)36-24-32(38-31-21-19-29(35)20-22-31)23-30(36)25-37-34(26-13-7-4-8-14-26,27-15-9-5-10-16-27)28-17-11-6-12-18-28/h4-22,30,32H,23-25H2,1-3H3/t30-,32+/m0/s1. The highest BCUT2D eigenvalue weighted by Gasteiger charge is 2.43. The first-order valence-corrected chi connectivity index (χ1v) is 13.4. The number of rotatable bonds is 8. The number of hydrogen-bond donors (Lipinski definition) is 0. The molecular weight excluding hydrogens is 473 g/mol. The van der Waals surface area contributed by atoms with Crippen molar-refractivity contribution in [2.45, 2.75) is 50.5 Å². The summed E-state index contributed by atoms with van der Waals surface area (Å²) in [6, 6.07) is 37.9. The number of nitrogens with zero attached hydrogens (tertiary/aromatic N) is 1. The fourth-order valence-electron chi connectivity index (χ4n) is 5.63. The van der Waals surface area contributed by atoms with Crippen LogP contribution < -0.4 is 4.74 Å². The van der Waals surface area contributed by atoms with Crippen molar-refractivity contribution in [3.63, 3.8) is 0 Å². The van der Waals surface area contributed by atoms with Gasteiger partial charge in [0.1, 0.15) is 23.3 Å². The lowest BCUT2D eigenvalue weighted by Gasteiger charge is -2.40. The highest BCUT2D eigenvalue weighted by atomic mass is 19.1. The first-order valence-electron chi connectivity index (χ1n) is 13.4. The molecule has 0 saturated carbocycles. The van der Waals surface area contributed by atoms with E-state index in [1.165, 1.54) is 12.1 Å². The van der Waals surface area contributed by atoms with Crippen LogP contribution >= 0.6 is 0 Å². The molecule has 0 aromatic heterocycles. The van der Waals surface area contributed by atoms with Crippen molar-refractivity contribution >= 4 is 0 Å². The molecule has 38 heavy (non-hydrogen) atoms. The molecule has 4 aromatic rings. The Morgan fingerprint density at radius 1 is 0.711 bits per heavy atom. The molecular formula is C34H36FNO2. The Kier molecular flexibility index (Phi) is 7.64. The summed E-state index contributed by atoms with van der Waals surface area (Å²) in [5.74, 6) is 0.435. The Morgan fingerprint density at radius 3 is 1.63 bits per heavy atom. The van der Waals surface area contributed by atoms with E-state index in [1.807, 2.05) is 18.2 Å². The molecule has 3 nitrogen and oxygen atoms in total. The van der Waals surface area contributed by atoms with Crippen molar-refractivity contribution in [2.24, 2.45) is 0 Å². The number of benzene rings is 4. The molecule has 1 aliphatic heterocycles. The van der Waals surface area contributed by atoms with Gasteiger partial charge in [0.05, 0.1) is 6.61 Å². The molecule has 5 rings (SSSR count). The molecule has 1 fully saturated rings. The maximum Gasteiger partial charge on any atom is 0.143 e. The number of ether oxygens (including phenoxy) is 2. The lowest BCUT2D eigenvalue weighted by atomic mass is 9.80. The maximum absolute atomic E-state index is 13.4. The summed E-state index contributed by atoms with van der Waals surface area (Å²) in [5, 5.41) is 0. The molecule has 1 heterocycles. The lowest BCUT2D eigenvalue weighted by molar-refractivity contribution is -0.0299. The van der Waals surface area contributed by atoms with Crippen molar-refractivity contribution in [1.29, 1.82) is 0 Å². The van der Waals surface area contributed by atoms with Gasteiger partial charge < -0.3 is 9.47 Å². The van der Waals surface area contributed by atoms with Crippen LogP contribution in [0.4, 0.5) is 4.39 Å². The van der Waals surface area contributed by atoms with E-state index in [1.54, 1.807) is 12.1 Å². The van der Waals surface area contributed by atoms with E-state index in [4.69, 9.17) is 9.47 Å². The van der Waals surface area contributed by atoms with Gasteiger partial charge in [-0.3, -0.25) is 4.90 Å². The third-order valence-corrected chi connectivity index (χ3v) is 7.39. The van der Waals surface area contributed by atoms with Crippen LogP contribution in [0.15, 0.2) is 115 Å². The molecule has 0 amide bonds. The first-order chi connectivity index (χ1) is 18.4. The molecule has 4 aromatic carbocycles. The van der Waals surface area contributed by atoms with Gasteiger partial charge >= 0.3 is 0 Å². The van der Waals surface area contributed by atoms with Crippen LogP contribution in [0.25, 0.3) is 0 Å². The fraction of sp³-hybridized carbons (Fsp3) is 0.294. The smallest absolute Gasteiger partial charge is 0.143 e. The first kappa shape index (κ1) is 26.1. The van der Waals surface area contributed by atoms with Gasteiger partial charge in [-0.25, -0.2) is 4.39 Å². The number of likely N-dealkylation sites (tertiary alicyclic amines) is 1. The average Bonchev–Trinajstić information content (AvgIpc) is 3.35. The molecule has 1 saturated heterocycles. The van der Waals surface area contributed by atoms with Crippen LogP contribution in [0.3, 0.4) is 0 Å². The highest BCUT2D eigenvalue weighted by Crippen LogP contribution is 2.41. The summed E-state index contributed by atoms with van der Waals surface area (Å²) in [4.78, 5) is 2.48. The van der Waals surface area contributed by atoms with Gasteiger partial charge in [-0.05, 0) is 61.7 Å². The second-order valence-electron chi connectivity index (χ2n) is 11.0. The summed E-state index contributed by atoms with van der Waals surface area (Å²) < 4.78 is 26.9. The molecule has 1 aliphatic rings. The second kappa shape index (κ2) is 11.1. The van der Waals surface area contributed by atoms with Crippen molar-refractivity contribution in [2.75, 3.05) is 13.2 Å². The van der Waals surface area contributed by atoms with E-state index in [0.29, 0.717) is 12.4 Å². The predicted octanol–water partition coefficient (Wildman–Crippen LogP) is 7.45. The Hall–Kier alpha value is -3.47. The SMILES string of the molecule is CC(C)(C)N1C[C@H](Oc2ccc(F)cc2)C[C@H]1COC(c1ccccc1)(c1ccccc1)c1ccccc1. The van der Waals surface area contributed by atoms with E-state index in [0.717, 1.165) is 29.7 Å². The van der Waals surface area contributed by atoms with Gasteiger partial charge in [0.2, 0.25) is 0 Å². The van der Waals surface area contributed by atoms with Crippen LogP contribution in [0.1, 0.15) is 43.9 Å². The van der Waals surface area contributed by atoms with Crippen LogP contribution in [0, 0.1) is 5.82 Å². The molecule has 4 heteroatoms. The summed E-state index contributed by atoms with van der Waals surface area (Å²) in [6.45, 7) is 8.01. The van der Waals surface area contributed by atoms with Crippen molar-refractivity contribution in [1.82, 2.24) is 4.90 Å². The molecule has 0 bridgehead atoms. The van der Waals surface area contributed by atoms with Crippen LogP contribution in [0.5, 0.6) is 5.75 Å². The zero-order valence-corrected chi connectivity index (χ0v) is 22.4. The largest absolute Gasteiger partial charge is 0.489 e. The van der Waals surface area contributed by atoms with Gasteiger partial charge in [0.25, 0.3) is 0 Å². The molecule has 2 atom stereocenters. The Labute approximate surface area is 225 Å². The van der Waals surface area contributed by atoms with Gasteiger partial charge in [-0.2, -0.15) is 0 Å². The molecule has 0 N–H and O–H groups in total. The van der Waals surface area contributed by atoms with E-state index >= 15 is 0 Å². The van der Waals surface area contributed by atoms with Gasteiger partial charge in [-0.15, -0.1) is 0 Å². The molecule has 0 spiro atoms. The minimum Gasteiger partial charge on any atom is -0.489 e. The van der Waals surface area contributed by atoms with Crippen molar-refractivity contribution < 1.29 is 13.9 Å². The monoisotopic (exact) mass is 509 g/mol. The minimum absolute atomic E-state index is 0.00661. The highest BCUT2D eigenvalue weighted by molar-refractivity contribution is 5.47. The Balaban J connectivity index is 1.49. The predicted molar refractivity (Wildman–Crippen MR) is 151 cm³/mol. The topological polar surface area (TPSA) is 21.7 Å². The Morgan fingerprint density at radius 2 is 1.18 bits per heavy atom. The summed E-state index contributed by atoms with van der Waals surface area (Å²) in [7, 11) is 0. The van der Waals surface area contributed by atoms with E-state index in [9.17, 15) is 4.39 Å². The summed E-state index contributed by atoms with van der Waals surface area (Å²) >= 11 is 0. The number of halogens is 1. The summed E-state index contributed by atoms with van der Waals surface area (Å²) in [5.41, 5.74) is 2.46. The van der Waals surface area contributed by atoms with Crippen LogP contribution in [0.2, 0.25) is 0 Å². The third kappa shape index (κ3) is 5.52. The van der Waals surface area contributed by atoms with E-state index in [-0.39, 0.29) is 23.5 Å². The van der Waals surface area contributed by atoms with E-state index < -0.39 is 5.60 Å². The average molecular weight is 510 g/mol. The van der Waals surface area contributed by atoms with Crippen LogP contribution in [-0.4, -0.2) is 35.7 Å². The normalized spacial score (nSPS) is 18.4. The maximum atomic E-state index is 13.4. The number of hydrogen-bond acceptors (Lipinski definition) is 3. The minimum atomic E-state index is -0.761. The summed E-state index contributed by atoms with van der Waals surface area (Å²) in [6.07, 6.45) is 0.816. The quantitative estimate of drug-likeness (QED) is 0.230. The molecule has 0 aliphatic carbocycles. The van der Waals surface area contributed by atoms with Crippen molar-refractivity contribution in [3.05, 3.63) is 138 Å². The molecule has 0 unspecified atom stereocenters. The molecule has 0 radical (unpaired) electrons. The van der Waals surface area contributed by atoms with Crippen LogP contribution in [-0.2, 0) is 10.3 Å². The fourth-order valence-corrected chi connectivity index (χ4v) is 5.63. The van der Waals surface area contributed by atoms with Gasteiger partial charge in [0.15, 0.2) is 0 Å². The zero-order chi connectivity index (χ0) is 26.6. The van der Waals surface area contributed by atoms with Gasteiger partial charge in [-0.1, -0.05) is 91.0 Å². The zero-order valence-electron chi connectivity index (χ0n) is 22.4. The third-order valence-electron chi connectivity index (χ3n) is 7.39. The van der Waals surface area contributed by atoms with Crippen molar-refractivity contribution in [3.8, 4) is 5.75 Å². The van der Waals surface area contributed by atoms with Gasteiger partial charge in [0, 0.05) is 24.5 Å². The molecule has 196 valence electrons. The Bertz CT molecular complexity index is 1190. The lowest BCUT2D eigenvalue weighted by Crippen LogP contribution is -2.48.